The number of thiazole rings is 1. The molecule has 2 aromatic rings. The summed E-state index contributed by atoms with van der Waals surface area (Å²) in [6.07, 6.45) is 2.91. The highest BCUT2D eigenvalue weighted by Crippen LogP contribution is 2.29. The summed E-state index contributed by atoms with van der Waals surface area (Å²) in [5, 5.41) is 0.941. The number of aryl methyl sites for hydroxylation is 2. The van der Waals surface area contributed by atoms with Crippen molar-refractivity contribution in [2.75, 3.05) is 7.05 Å². The standard InChI is InChI=1S/C13H17N3O2S2/c1-9(13-10(2)19-11(3)15-13)16(4)20(17,18)12-6-5-7-14-8-12/h5-9H,1-4H3. The molecule has 0 amide bonds. The Labute approximate surface area is 123 Å². The molecule has 0 aromatic carbocycles. The lowest BCUT2D eigenvalue weighted by Crippen LogP contribution is -2.30. The quantitative estimate of drug-likeness (QED) is 0.870. The van der Waals surface area contributed by atoms with E-state index in [1.54, 1.807) is 36.7 Å². The van der Waals surface area contributed by atoms with Gasteiger partial charge in [-0.1, -0.05) is 0 Å². The highest BCUT2D eigenvalue weighted by Gasteiger charge is 2.28. The average Bonchev–Trinajstić information content (AvgIpc) is 2.77. The lowest BCUT2D eigenvalue weighted by molar-refractivity contribution is 0.391. The zero-order valence-corrected chi connectivity index (χ0v) is 13.5. The normalized spacial score (nSPS) is 13.7. The van der Waals surface area contributed by atoms with Crippen LogP contribution in [0.2, 0.25) is 0 Å². The first-order valence-electron chi connectivity index (χ1n) is 6.16. The summed E-state index contributed by atoms with van der Waals surface area (Å²) in [5.74, 6) is 0. The second-order valence-corrected chi connectivity index (χ2v) is 7.97. The van der Waals surface area contributed by atoms with E-state index < -0.39 is 10.0 Å². The van der Waals surface area contributed by atoms with Crippen molar-refractivity contribution in [2.45, 2.75) is 31.7 Å². The smallest absolute Gasteiger partial charge is 0.244 e. The first-order valence-corrected chi connectivity index (χ1v) is 8.41. The van der Waals surface area contributed by atoms with Gasteiger partial charge in [0.2, 0.25) is 10.0 Å². The maximum atomic E-state index is 12.5. The third-order valence-corrected chi connectivity index (χ3v) is 6.01. The van der Waals surface area contributed by atoms with Crippen LogP contribution in [0.15, 0.2) is 29.4 Å². The molecule has 1 unspecified atom stereocenters. The maximum absolute atomic E-state index is 12.5. The van der Waals surface area contributed by atoms with Gasteiger partial charge in [-0.15, -0.1) is 11.3 Å². The predicted octanol–water partition coefficient (Wildman–Crippen LogP) is 2.54. The molecule has 7 heteroatoms. The second-order valence-electron chi connectivity index (χ2n) is 4.56. The van der Waals surface area contributed by atoms with Crippen LogP contribution in [-0.2, 0) is 10.0 Å². The van der Waals surface area contributed by atoms with Gasteiger partial charge in [-0.05, 0) is 32.9 Å². The van der Waals surface area contributed by atoms with Crippen LogP contribution in [0.5, 0.6) is 0 Å². The molecule has 0 fully saturated rings. The number of hydrogen-bond acceptors (Lipinski definition) is 5. The van der Waals surface area contributed by atoms with Gasteiger partial charge in [0.05, 0.1) is 16.7 Å². The molecule has 0 aliphatic rings. The van der Waals surface area contributed by atoms with E-state index in [0.717, 1.165) is 15.6 Å². The van der Waals surface area contributed by atoms with Gasteiger partial charge in [0.25, 0.3) is 0 Å². The van der Waals surface area contributed by atoms with Crippen molar-refractivity contribution in [3.63, 3.8) is 0 Å². The SMILES string of the molecule is Cc1nc(C(C)N(C)S(=O)(=O)c2cccnc2)c(C)s1. The molecule has 0 saturated carbocycles. The van der Waals surface area contributed by atoms with Crippen LogP contribution in [0, 0.1) is 13.8 Å². The van der Waals surface area contributed by atoms with Gasteiger partial charge < -0.3 is 0 Å². The van der Waals surface area contributed by atoms with Crippen molar-refractivity contribution in [2.24, 2.45) is 0 Å². The Kier molecular flexibility index (Phi) is 4.22. The zero-order chi connectivity index (χ0) is 14.9. The molecule has 0 saturated heterocycles. The van der Waals surface area contributed by atoms with Gasteiger partial charge in [0.15, 0.2) is 0 Å². The summed E-state index contributed by atoms with van der Waals surface area (Å²) in [6, 6.07) is 2.85. The summed E-state index contributed by atoms with van der Waals surface area (Å²) >= 11 is 1.58. The fraction of sp³-hybridized carbons (Fsp3) is 0.385. The maximum Gasteiger partial charge on any atom is 0.244 e. The van der Waals surface area contributed by atoms with Crippen molar-refractivity contribution in [3.05, 3.63) is 40.1 Å². The first-order chi connectivity index (χ1) is 9.34. The van der Waals surface area contributed by atoms with Crippen molar-refractivity contribution in [1.29, 1.82) is 0 Å². The Morgan fingerprint density at radius 2 is 2.05 bits per heavy atom. The Morgan fingerprint density at radius 3 is 2.55 bits per heavy atom. The molecule has 20 heavy (non-hydrogen) atoms. The lowest BCUT2D eigenvalue weighted by atomic mass is 10.2. The molecule has 0 N–H and O–H groups in total. The van der Waals surface area contributed by atoms with Crippen LogP contribution < -0.4 is 0 Å². The van der Waals surface area contributed by atoms with E-state index in [1.807, 2.05) is 20.8 Å². The lowest BCUT2D eigenvalue weighted by Gasteiger charge is -2.23. The van der Waals surface area contributed by atoms with E-state index in [9.17, 15) is 8.42 Å². The monoisotopic (exact) mass is 311 g/mol. The Balaban J connectivity index is 2.36. The van der Waals surface area contributed by atoms with Gasteiger partial charge in [-0.25, -0.2) is 13.4 Å². The summed E-state index contributed by atoms with van der Waals surface area (Å²) in [5.41, 5.74) is 0.808. The molecule has 1 atom stereocenters. The largest absolute Gasteiger partial charge is 0.263 e. The second kappa shape index (κ2) is 5.59. The van der Waals surface area contributed by atoms with Crippen molar-refractivity contribution >= 4 is 21.4 Å². The van der Waals surface area contributed by atoms with Crippen LogP contribution in [0.3, 0.4) is 0 Å². The van der Waals surface area contributed by atoms with Crippen molar-refractivity contribution < 1.29 is 8.42 Å². The van der Waals surface area contributed by atoms with Crippen LogP contribution in [-0.4, -0.2) is 29.7 Å². The van der Waals surface area contributed by atoms with Gasteiger partial charge in [-0.3, -0.25) is 4.98 Å². The molecule has 2 aromatic heterocycles. The van der Waals surface area contributed by atoms with E-state index in [2.05, 4.69) is 9.97 Å². The number of rotatable bonds is 4. The van der Waals surface area contributed by atoms with E-state index >= 15 is 0 Å². The number of aromatic nitrogens is 2. The van der Waals surface area contributed by atoms with Gasteiger partial charge >= 0.3 is 0 Å². The molecular formula is C13H17N3O2S2. The van der Waals surface area contributed by atoms with Crippen molar-refractivity contribution in [1.82, 2.24) is 14.3 Å². The van der Waals surface area contributed by atoms with Crippen molar-refractivity contribution in [3.8, 4) is 0 Å². The fourth-order valence-corrected chi connectivity index (χ4v) is 4.18. The molecule has 2 rings (SSSR count). The fourth-order valence-electron chi connectivity index (χ4n) is 1.98. The van der Waals surface area contributed by atoms with E-state index in [4.69, 9.17) is 0 Å². The summed E-state index contributed by atoms with van der Waals surface area (Å²) < 4.78 is 26.4. The number of hydrogen-bond donors (Lipinski definition) is 0. The highest BCUT2D eigenvalue weighted by molar-refractivity contribution is 7.89. The number of nitrogens with zero attached hydrogens (tertiary/aromatic N) is 3. The summed E-state index contributed by atoms with van der Waals surface area (Å²) in [4.78, 5) is 9.54. The number of sulfonamides is 1. The molecular weight excluding hydrogens is 294 g/mol. The van der Waals surface area contributed by atoms with E-state index in [0.29, 0.717) is 0 Å². The zero-order valence-electron chi connectivity index (χ0n) is 11.9. The minimum absolute atomic E-state index is 0.193. The third-order valence-electron chi connectivity index (χ3n) is 3.19. The third kappa shape index (κ3) is 2.74. The molecule has 0 bridgehead atoms. The molecule has 2 heterocycles. The molecule has 0 aliphatic heterocycles. The molecule has 0 aliphatic carbocycles. The highest BCUT2D eigenvalue weighted by atomic mass is 32.2. The average molecular weight is 311 g/mol. The summed E-state index contributed by atoms with van der Waals surface area (Å²) in [6.45, 7) is 5.72. The van der Waals surface area contributed by atoms with Gasteiger partial charge in [0, 0.05) is 24.3 Å². The van der Waals surface area contributed by atoms with Crippen LogP contribution >= 0.6 is 11.3 Å². The van der Waals surface area contributed by atoms with Gasteiger partial charge in [0.1, 0.15) is 4.90 Å². The van der Waals surface area contributed by atoms with Crippen LogP contribution in [0.1, 0.15) is 28.5 Å². The minimum atomic E-state index is -3.56. The summed E-state index contributed by atoms with van der Waals surface area (Å²) in [7, 11) is -1.99. The van der Waals surface area contributed by atoms with E-state index in [1.165, 1.54) is 10.5 Å². The van der Waals surface area contributed by atoms with Crippen LogP contribution in [0.25, 0.3) is 0 Å². The Bertz CT molecular complexity index is 696. The molecule has 0 radical (unpaired) electrons. The number of pyridine rings is 1. The molecule has 0 spiro atoms. The first kappa shape index (κ1) is 15.1. The van der Waals surface area contributed by atoms with Crippen LogP contribution in [0.4, 0.5) is 0 Å². The predicted molar refractivity (Wildman–Crippen MR) is 79.2 cm³/mol. The molecule has 5 nitrogen and oxygen atoms in total. The van der Waals surface area contributed by atoms with E-state index in [-0.39, 0.29) is 10.9 Å². The topological polar surface area (TPSA) is 63.2 Å². The Morgan fingerprint density at radius 1 is 1.35 bits per heavy atom. The van der Waals surface area contributed by atoms with Gasteiger partial charge in [-0.2, -0.15) is 4.31 Å². The molecule has 108 valence electrons. The minimum Gasteiger partial charge on any atom is -0.263 e. The Hall–Kier alpha value is -1.31.